The molecule has 0 fully saturated rings. The number of rotatable bonds is 2. The molecule has 106 valence electrons. The van der Waals surface area contributed by atoms with Gasteiger partial charge in [0, 0.05) is 17.0 Å². The Morgan fingerprint density at radius 1 is 1.14 bits per heavy atom. The lowest BCUT2D eigenvalue weighted by atomic mass is 10.3. The Labute approximate surface area is 126 Å². The molecular formula is C15H13N3O2S. The standard InChI is InChI=1S/C15H13N3O2S/c1-10-7-11(9-16)18-15(17-10)21-12-3-4-13-14(8-12)20-6-2-5-19-13/h3-4,7-8H,2,5-6H2,1H3. The number of nitrogens with zero attached hydrogens (tertiary/aromatic N) is 3. The Morgan fingerprint density at radius 2 is 1.95 bits per heavy atom. The number of hydrogen-bond acceptors (Lipinski definition) is 6. The molecule has 0 saturated carbocycles. The van der Waals surface area contributed by atoms with Gasteiger partial charge in [-0.2, -0.15) is 5.26 Å². The lowest BCUT2D eigenvalue weighted by Gasteiger charge is -2.08. The molecule has 1 aromatic heterocycles. The first-order valence-electron chi connectivity index (χ1n) is 6.58. The van der Waals surface area contributed by atoms with Gasteiger partial charge in [-0.3, -0.25) is 0 Å². The zero-order chi connectivity index (χ0) is 14.7. The molecule has 0 saturated heterocycles. The first-order valence-corrected chi connectivity index (χ1v) is 7.39. The fraction of sp³-hybridized carbons (Fsp3) is 0.267. The van der Waals surface area contributed by atoms with Crippen molar-refractivity contribution in [2.45, 2.75) is 23.4 Å². The lowest BCUT2D eigenvalue weighted by Crippen LogP contribution is -1.97. The van der Waals surface area contributed by atoms with E-state index in [2.05, 4.69) is 9.97 Å². The molecular weight excluding hydrogens is 286 g/mol. The maximum atomic E-state index is 8.96. The third-order valence-corrected chi connectivity index (χ3v) is 3.73. The van der Waals surface area contributed by atoms with Gasteiger partial charge in [0.2, 0.25) is 0 Å². The molecule has 2 aromatic rings. The van der Waals surface area contributed by atoms with Crippen LogP contribution in [-0.4, -0.2) is 23.2 Å². The van der Waals surface area contributed by atoms with Crippen molar-refractivity contribution in [3.63, 3.8) is 0 Å². The predicted molar refractivity (Wildman–Crippen MR) is 77.7 cm³/mol. The third-order valence-electron chi connectivity index (χ3n) is 2.88. The van der Waals surface area contributed by atoms with Crippen LogP contribution in [0.4, 0.5) is 0 Å². The highest BCUT2D eigenvalue weighted by Gasteiger charge is 2.12. The molecule has 0 amide bonds. The van der Waals surface area contributed by atoms with E-state index in [1.807, 2.05) is 31.2 Å². The Hall–Kier alpha value is -2.26. The van der Waals surface area contributed by atoms with Gasteiger partial charge in [-0.15, -0.1) is 0 Å². The van der Waals surface area contributed by atoms with Crippen molar-refractivity contribution in [3.05, 3.63) is 35.7 Å². The minimum Gasteiger partial charge on any atom is -0.490 e. The molecule has 1 aliphatic heterocycles. The zero-order valence-corrected chi connectivity index (χ0v) is 12.3. The van der Waals surface area contributed by atoms with Gasteiger partial charge in [-0.25, -0.2) is 9.97 Å². The second-order valence-corrected chi connectivity index (χ2v) is 5.59. The van der Waals surface area contributed by atoms with Crippen LogP contribution in [-0.2, 0) is 0 Å². The highest BCUT2D eigenvalue weighted by molar-refractivity contribution is 7.99. The van der Waals surface area contributed by atoms with Gasteiger partial charge < -0.3 is 9.47 Å². The summed E-state index contributed by atoms with van der Waals surface area (Å²) in [6, 6.07) is 9.46. The fourth-order valence-corrected chi connectivity index (χ4v) is 2.80. The van der Waals surface area contributed by atoms with Crippen LogP contribution in [0.2, 0.25) is 0 Å². The molecule has 5 nitrogen and oxygen atoms in total. The molecule has 1 aliphatic rings. The Morgan fingerprint density at radius 3 is 2.76 bits per heavy atom. The summed E-state index contributed by atoms with van der Waals surface area (Å²) >= 11 is 1.40. The molecule has 0 bridgehead atoms. The highest BCUT2D eigenvalue weighted by Crippen LogP contribution is 2.35. The van der Waals surface area contributed by atoms with E-state index in [1.165, 1.54) is 11.8 Å². The van der Waals surface area contributed by atoms with E-state index in [9.17, 15) is 0 Å². The van der Waals surface area contributed by atoms with E-state index < -0.39 is 0 Å². The van der Waals surface area contributed by atoms with E-state index in [0.717, 1.165) is 28.5 Å². The van der Waals surface area contributed by atoms with Gasteiger partial charge in [0.05, 0.1) is 13.2 Å². The summed E-state index contributed by atoms with van der Waals surface area (Å²) in [6.07, 6.45) is 0.879. The smallest absolute Gasteiger partial charge is 0.193 e. The Kier molecular flexibility index (Phi) is 3.93. The molecule has 0 aliphatic carbocycles. The van der Waals surface area contributed by atoms with Crippen molar-refractivity contribution in [2.24, 2.45) is 0 Å². The molecule has 6 heteroatoms. The number of hydrogen-bond donors (Lipinski definition) is 0. The van der Waals surface area contributed by atoms with Crippen LogP contribution in [0, 0.1) is 18.3 Å². The van der Waals surface area contributed by atoms with Crippen LogP contribution >= 0.6 is 11.8 Å². The van der Waals surface area contributed by atoms with Crippen molar-refractivity contribution < 1.29 is 9.47 Å². The molecule has 0 atom stereocenters. The quantitative estimate of drug-likeness (QED) is 0.794. The molecule has 0 radical (unpaired) electrons. The number of aryl methyl sites for hydroxylation is 1. The topological polar surface area (TPSA) is 68.0 Å². The SMILES string of the molecule is Cc1cc(C#N)nc(Sc2ccc3c(c2)OCCCO3)n1. The minimum atomic E-state index is 0.374. The van der Waals surface area contributed by atoms with Gasteiger partial charge in [0.15, 0.2) is 16.7 Å². The summed E-state index contributed by atoms with van der Waals surface area (Å²) < 4.78 is 11.3. The third kappa shape index (κ3) is 3.26. The summed E-state index contributed by atoms with van der Waals surface area (Å²) in [7, 11) is 0. The number of benzene rings is 1. The normalized spacial score (nSPS) is 13.3. The van der Waals surface area contributed by atoms with Crippen molar-refractivity contribution in [3.8, 4) is 17.6 Å². The van der Waals surface area contributed by atoms with Crippen molar-refractivity contribution in [1.29, 1.82) is 5.26 Å². The minimum absolute atomic E-state index is 0.374. The van der Waals surface area contributed by atoms with E-state index in [-0.39, 0.29) is 0 Å². The molecule has 21 heavy (non-hydrogen) atoms. The summed E-state index contributed by atoms with van der Waals surface area (Å²) in [5, 5.41) is 9.51. The maximum absolute atomic E-state index is 8.96. The molecule has 2 heterocycles. The van der Waals surface area contributed by atoms with Gasteiger partial charge in [-0.1, -0.05) is 0 Å². The summed E-state index contributed by atoms with van der Waals surface area (Å²) in [6.45, 7) is 3.17. The lowest BCUT2D eigenvalue weighted by molar-refractivity contribution is 0.297. The average molecular weight is 299 g/mol. The predicted octanol–water partition coefficient (Wildman–Crippen LogP) is 2.97. The van der Waals surface area contributed by atoms with Gasteiger partial charge in [-0.05, 0) is 43.0 Å². The number of fused-ring (bicyclic) bond motifs is 1. The second kappa shape index (κ2) is 6.02. The maximum Gasteiger partial charge on any atom is 0.193 e. The van der Waals surface area contributed by atoms with Gasteiger partial charge >= 0.3 is 0 Å². The molecule has 1 aromatic carbocycles. The number of ether oxygens (including phenoxy) is 2. The number of nitriles is 1. The zero-order valence-electron chi connectivity index (χ0n) is 11.5. The van der Waals surface area contributed by atoms with Gasteiger partial charge in [0.25, 0.3) is 0 Å². The monoisotopic (exact) mass is 299 g/mol. The largest absolute Gasteiger partial charge is 0.490 e. The van der Waals surface area contributed by atoms with Crippen molar-refractivity contribution >= 4 is 11.8 Å². The van der Waals surface area contributed by atoms with Crippen LogP contribution < -0.4 is 9.47 Å². The fourth-order valence-electron chi connectivity index (χ4n) is 1.96. The van der Waals surface area contributed by atoms with Crippen LogP contribution in [0.15, 0.2) is 34.3 Å². The molecule has 3 rings (SSSR count). The second-order valence-electron chi connectivity index (χ2n) is 4.55. The Bertz CT molecular complexity index is 713. The average Bonchev–Trinajstić information content (AvgIpc) is 2.71. The van der Waals surface area contributed by atoms with Crippen LogP contribution in [0.25, 0.3) is 0 Å². The van der Waals surface area contributed by atoms with Crippen LogP contribution in [0.3, 0.4) is 0 Å². The van der Waals surface area contributed by atoms with E-state index in [1.54, 1.807) is 6.07 Å². The highest BCUT2D eigenvalue weighted by atomic mass is 32.2. The van der Waals surface area contributed by atoms with Crippen LogP contribution in [0.5, 0.6) is 11.5 Å². The summed E-state index contributed by atoms with van der Waals surface area (Å²) in [4.78, 5) is 9.49. The number of aromatic nitrogens is 2. The van der Waals surface area contributed by atoms with Crippen LogP contribution in [0.1, 0.15) is 17.8 Å². The van der Waals surface area contributed by atoms with E-state index in [4.69, 9.17) is 14.7 Å². The first kappa shape index (κ1) is 13.7. The Balaban J connectivity index is 1.87. The molecule has 0 spiro atoms. The van der Waals surface area contributed by atoms with Crippen molar-refractivity contribution in [2.75, 3.05) is 13.2 Å². The van der Waals surface area contributed by atoms with Gasteiger partial charge in [0.1, 0.15) is 11.8 Å². The first-order chi connectivity index (χ1) is 10.2. The summed E-state index contributed by atoms with van der Waals surface area (Å²) in [5.41, 5.74) is 1.15. The van der Waals surface area contributed by atoms with E-state index in [0.29, 0.717) is 24.1 Å². The molecule has 0 unspecified atom stereocenters. The summed E-state index contributed by atoms with van der Waals surface area (Å²) in [5.74, 6) is 1.50. The van der Waals surface area contributed by atoms with Crippen molar-refractivity contribution in [1.82, 2.24) is 9.97 Å². The van der Waals surface area contributed by atoms with E-state index >= 15 is 0 Å². The molecule has 0 N–H and O–H groups in total.